The van der Waals surface area contributed by atoms with Crippen molar-refractivity contribution in [1.29, 1.82) is 0 Å². The Morgan fingerprint density at radius 1 is 1.09 bits per heavy atom. The second-order valence-corrected chi connectivity index (χ2v) is 4.77. The number of carbonyl (C=O) groups excluding carboxylic acids is 2. The summed E-state index contributed by atoms with van der Waals surface area (Å²) in [5.41, 5.74) is 7.88. The lowest BCUT2D eigenvalue weighted by Gasteiger charge is -2.20. The first-order chi connectivity index (χ1) is 10.1. The van der Waals surface area contributed by atoms with E-state index in [0.29, 0.717) is 19.4 Å². The van der Waals surface area contributed by atoms with Crippen molar-refractivity contribution in [3.8, 4) is 0 Å². The fraction of sp³-hybridized carbons (Fsp3) is 0.667. The zero-order valence-corrected chi connectivity index (χ0v) is 11.9. The van der Waals surface area contributed by atoms with Crippen LogP contribution in [0.4, 0.5) is 0 Å². The van der Waals surface area contributed by atoms with Gasteiger partial charge in [0.05, 0.1) is 12.8 Å². The van der Waals surface area contributed by atoms with Crippen LogP contribution in [-0.4, -0.2) is 80.4 Å². The third-order valence-corrected chi connectivity index (χ3v) is 2.76. The van der Waals surface area contributed by atoms with Crippen LogP contribution in [0.3, 0.4) is 0 Å². The van der Waals surface area contributed by atoms with E-state index < -0.39 is 48.4 Å². The molecule has 0 aliphatic heterocycles. The standard InChI is InChI=1S/C12H20N2O8.Mg.2H/c13-4-2-1-3-7(14)10(18)22-9(17)6-12(21,11(19)20)5-8(15)16;;;/h7,21H,1-6,13-14H2,(H,15,16)(H,19,20);;;/t7-,12?;;;/m0.../s1. The molecule has 0 fully saturated rings. The van der Waals surface area contributed by atoms with Crippen molar-refractivity contribution in [2.45, 2.75) is 43.7 Å². The first kappa shape index (κ1) is 24.0. The smallest absolute Gasteiger partial charge is 0.336 e. The highest BCUT2D eigenvalue weighted by atomic mass is 24.3. The Hall–Kier alpha value is -1.27. The predicted octanol–water partition coefficient (Wildman–Crippen LogP) is -2.72. The lowest BCUT2D eigenvalue weighted by atomic mass is 9.96. The van der Waals surface area contributed by atoms with Gasteiger partial charge in [0, 0.05) is 0 Å². The number of carboxylic acids is 2. The first-order valence-corrected chi connectivity index (χ1v) is 6.50. The number of ether oxygens (including phenoxy) is 1. The molecule has 0 amide bonds. The van der Waals surface area contributed by atoms with Gasteiger partial charge in [0.15, 0.2) is 5.60 Å². The van der Waals surface area contributed by atoms with Crippen molar-refractivity contribution in [3.05, 3.63) is 0 Å². The molecule has 0 rings (SSSR count). The summed E-state index contributed by atoms with van der Waals surface area (Å²) in [5, 5.41) is 26.9. The van der Waals surface area contributed by atoms with Gasteiger partial charge in [0.25, 0.3) is 0 Å². The van der Waals surface area contributed by atoms with Crippen LogP contribution in [0, 0.1) is 0 Å². The average molecular weight is 347 g/mol. The van der Waals surface area contributed by atoms with Crippen molar-refractivity contribution >= 4 is 46.9 Å². The maximum absolute atomic E-state index is 11.5. The highest BCUT2D eigenvalue weighted by molar-refractivity contribution is 5.93. The van der Waals surface area contributed by atoms with Crippen molar-refractivity contribution in [1.82, 2.24) is 0 Å². The lowest BCUT2D eigenvalue weighted by molar-refractivity contribution is -0.175. The Labute approximate surface area is 148 Å². The average Bonchev–Trinajstić information content (AvgIpc) is 2.37. The molecule has 0 aromatic heterocycles. The molecule has 11 heteroatoms. The summed E-state index contributed by atoms with van der Waals surface area (Å²) >= 11 is 0. The topological polar surface area (TPSA) is 190 Å². The minimum absolute atomic E-state index is 0. The molecule has 10 nitrogen and oxygen atoms in total. The van der Waals surface area contributed by atoms with E-state index in [1.807, 2.05) is 0 Å². The number of aliphatic hydroxyl groups is 1. The number of esters is 2. The molecular formula is C12H22MgN2O8. The normalized spacial score (nSPS) is 14.0. The van der Waals surface area contributed by atoms with E-state index in [-0.39, 0.29) is 29.5 Å². The third kappa shape index (κ3) is 9.45. The van der Waals surface area contributed by atoms with E-state index in [9.17, 15) is 24.3 Å². The fourth-order valence-electron chi connectivity index (χ4n) is 1.55. The maximum atomic E-state index is 11.5. The molecule has 0 aliphatic rings. The van der Waals surface area contributed by atoms with Crippen molar-refractivity contribution < 1.29 is 39.2 Å². The SMILES string of the molecule is NCCCC[C@H](N)C(=O)OC(=O)CC(O)(CC(=O)O)C(=O)O.[MgH2]. The van der Waals surface area contributed by atoms with Crippen LogP contribution in [0.25, 0.3) is 0 Å². The lowest BCUT2D eigenvalue weighted by Crippen LogP contribution is -2.44. The molecule has 0 aliphatic carbocycles. The molecule has 2 atom stereocenters. The van der Waals surface area contributed by atoms with Crippen LogP contribution in [0.1, 0.15) is 32.1 Å². The monoisotopic (exact) mass is 346 g/mol. The molecule has 1 unspecified atom stereocenters. The Morgan fingerprint density at radius 2 is 1.65 bits per heavy atom. The molecule has 23 heavy (non-hydrogen) atoms. The number of unbranched alkanes of at least 4 members (excludes halogenated alkanes) is 1. The van der Waals surface area contributed by atoms with Gasteiger partial charge >= 0.3 is 46.9 Å². The van der Waals surface area contributed by atoms with Gasteiger partial charge in [-0.1, -0.05) is 6.42 Å². The fourth-order valence-corrected chi connectivity index (χ4v) is 1.55. The molecule has 0 aromatic carbocycles. The summed E-state index contributed by atoms with van der Waals surface area (Å²) in [7, 11) is 0. The highest BCUT2D eigenvalue weighted by Gasteiger charge is 2.42. The van der Waals surface area contributed by atoms with Crippen LogP contribution in [0.5, 0.6) is 0 Å². The number of carboxylic acid groups (broad SMARTS) is 2. The molecule has 130 valence electrons. The minimum Gasteiger partial charge on any atom is -0.481 e. The van der Waals surface area contributed by atoms with E-state index in [4.69, 9.17) is 21.7 Å². The largest absolute Gasteiger partial charge is 0.481 e. The Kier molecular flexibility index (Phi) is 11.8. The first-order valence-electron chi connectivity index (χ1n) is 6.50. The zero-order chi connectivity index (χ0) is 17.3. The summed E-state index contributed by atoms with van der Waals surface area (Å²) < 4.78 is 4.32. The Balaban J connectivity index is 0. The number of carbonyl (C=O) groups is 4. The number of rotatable bonds is 10. The Bertz CT molecular complexity index is 445. The number of hydrogen-bond donors (Lipinski definition) is 5. The van der Waals surface area contributed by atoms with Crippen LogP contribution >= 0.6 is 0 Å². The van der Waals surface area contributed by atoms with Gasteiger partial charge in [-0.25, -0.2) is 9.59 Å². The summed E-state index contributed by atoms with van der Waals surface area (Å²) in [5.74, 6) is -5.98. The molecule has 0 saturated heterocycles. The van der Waals surface area contributed by atoms with Crippen molar-refractivity contribution in [2.75, 3.05) is 6.54 Å². The number of hydrogen-bond acceptors (Lipinski definition) is 8. The van der Waals surface area contributed by atoms with E-state index >= 15 is 0 Å². The van der Waals surface area contributed by atoms with Gasteiger partial charge in [-0.15, -0.1) is 0 Å². The van der Waals surface area contributed by atoms with E-state index in [1.54, 1.807) is 0 Å². The molecule has 0 aromatic rings. The van der Waals surface area contributed by atoms with Crippen molar-refractivity contribution in [2.24, 2.45) is 11.5 Å². The number of nitrogens with two attached hydrogens (primary N) is 2. The van der Waals surface area contributed by atoms with Gasteiger partial charge < -0.3 is 31.5 Å². The van der Waals surface area contributed by atoms with E-state index in [0.717, 1.165) is 0 Å². The molecule has 7 N–H and O–H groups in total. The highest BCUT2D eigenvalue weighted by Crippen LogP contribution is 2.17. The van der Waals surface area contributed by atoms with E-state index in [2.05, 4.69) is 4.74 Å². The summed E-state index contributed by atoms with van der Waals surface area (Å²) in [6.45, 7) is 0.418. The second kappa shape index (κ2) is 11.3. The van der Waals surface area contributed by atoms with Crippen LogP contribution in [0.2, 0.25) is 0 Å². The molecule has 0 saturated carbocycles. The van der Waals surface area contributed by atoms with Gasteiger partial charge in [-0.3, -0.25) is 9.59 Å². The van der Waals surface area contributed by atoms with Crippen LogP contribution < -0.4 is 11.5 Å². The maximum Gasteiger partial charge on any atom is 0.336 e. The molecular weight excluding hydrogens is 324 g/mol. The van der Waals surface area contributed by atoms with E-state index in [1.165, 1.54) is 0 Å². The quantitative estimate of drug-likeness (QED) is 0.120. The van der Waals surface area contributed by atoms with Gasteiger partial charge in [-0.05, 0) is 19.4 Å². The predicted molar refractivity (Wildman–Crippen MR) is 80.0 cm³/mol. The zero-order valence-electron chi connectivity index (χ0n) is 11.9. The third-order valence-electron chi connectivity index (χ3n) is 2.76. The van der Waals surface area contributed by atoms with Gasteiger partial charge in [0.2, 0.25) is 0 Å². The van der Waals surface area contributed by atoms with Gasteiger partial charge in [-0.2, -0.15) is 0 Å². The van der Waals surface area contributed by atoms with Gasteiger partial charge in [0.1, 0.15) is 6.04 Å². The van der Waals surface area contributed by atoms with Crippen LogP contribution in [-0.2, 0) is 23.9 Å². The second-order valence-electron chi connectivity index (χ2n) is 4.77. The Morgan fingerprint density at radius 3 is 2.09 bits per heavy atom. The molecule has 0 bridgehead atoms. The molecule has 0 radical (unpaired) electrons. The summed E-state index contributed by atoms with van der Waals surface area (Å²) in [6, 6.07) is -1.09. The van der Waals surface area contributed by atoms with Crippen LogP contribution in [0.15, 0.2) is 0 Å². The number of aliphatic carboxylic acids is 2. The van der Waals surface area contributed by atoms with Crippen molar-refractivity contribution in [3.63, 3.8) is 0 Å². The molecule has 0 heterocycles. The summed E-state index contributed by atoms with van der Waals surface area (Å²) in [4.78, 5) is 44.3. The minimum atomic E-state index is -2.85. The summed E-state index contributed by atoms with van der Waals surface area (Å²) in [6.07, 6.45) is -1.00. The molecule has 0 spiro atoms.